The average molecular weight is 899 g/mol. The van der Waals surface area contributed by atoms with Gasteiger partial charge in [-0.25, -0.2) is 19.2 Å². The molecule has 4 fully saturated rings. The molecule has 2 atom stereocenters. The van der Waals surface area contributed by atoms with Crippen LogP contribution in [0.15, 0.2) is 67.0 Å². The Morgan fingerprint density at radius 2 is 1.68 bits per heavy atom. The zero-order valence-electron chi connectivity index (χ0n) is 38.2. The Hall–Kier alpha value is -6.19. The van der Waals surface area contributed by atoms with Crippen molar-refractivity contribution in [1.29, 1.82) is 0 Å². The SMILES string of the molecule is COc1ccc(C(=O)N2CCC3(CCN(Cc4ccc(-c5cc6c(-c7cc(F)cc(NC(=O)N8CC(O)C(CC(C)C)C8)c7C)ncnc6[nH]5)cc4)CC3)CC2)cc1N1CCC(=O)CC1=O. The van der Waals surface area contributed by atoms with Crippen LogP contribution in [0.3, 0.4) is 0 Å². The minimum atomic E-state index is -0.586. The summed E-state index contributed by atoms with van der Waals surface area (Å²) in [7, 11) is 1.54. The van der Waals surface area contributed by atoms with E-state index in [2.05, 4.69) is 63.3 Å². The lowest BCUT2D eigenvalue weighted by Gasteiger charge is -2.47. The molecule has 9 rings (SSSR count). The number of ether oxygens (including phenoxy) is 1. The van der Waals surface area contributed by atoms with E-state index in [4.69, 9.17) is 4.74 Å². The lowest BCUT2D eigenvalue weighted by Crippen LogP contribution is -2.48. The van der Waals surface area contributed by atoms with Crippen LogP contribution in [0.5, 0.6) is 5.75 Å². The number of aromatic amines is 1. The summed E-state index contributed by atoms with van der Waals surface area (Å²) in [5.41, 5.74) is 7.07. The standard InChI is InChI=1S/C51H59FN8O6/c1-31(2)21-36-28-59(29-44(36)62)50(65)56-41-24-37(52)23-39(32(41)3)47-40-26-42(55-48(40)54-30-53-47)34-7-5-33(6-8-34)27-57-17-12-51(13-18-57)14-19-58(20-15-51)49(64)35-9-10-45(66-4)43(22-35)60-16-11-38(61)25-46(60)63/h5-10,22-24,26,30-31,36,44,62H,11-21,25,27-29H2,1-4H3,(H,56,65)(H,53,54,55). The Morgan fingerprint density at radius 3 is 2.39 bits per heavy atom. The zero-order chi connectivity index (χ0) is 46.3. The number of halogens is 1. The Morgan fingerprint density at radius 1 is 0.939 bits per heavy atom. The van der Waals surface area contributed by atoms with Gasteiger partial charge in [-0.15, -0.1) is 0 Å². The normalized spacial score (nSPS) is 20.2. The Labute approximate surface area is 384 Å². The molecule has 5 aromatic rings. The third kappa shape index (κ3) is 9.28. The largest absolute Gasteiger partial charge is 0.495 e. The van der Waals surface area contributed by atoms with Gasteiger partial charge in [0.05, 0.1) is 31.0 Å². The number of anilines is 2. The van der Waals surface area contributed by atoms with E-state index < -0.39 is 11.9 Å². The lowest BCUT2D eigenvalue weighted by atomic mass is 9.71. The van der Waals surface area contributed by atoms with Crippen molar-refractivity contribution in [2.75, 3.05) is 63.1 Å². The number of H-pyrrole nitrogens is 1. The van der Waals surface area contributed by atoms with Crippen molar-refractivity contribution in [3.8, 4) is 28.3 Å². The number of aliphatic hydroxyl groups is 1. The van der Waals surface area contributed by atoms with Crippen molar-refractivity contribution in [2.24, 2.45) is 17.3 Å². The van der Waals surface area contributed by atoms with Crippen LogP contribution in [0.25, 0.3) is 33.5 Å². The summed E-state index contributed by atoms with van der Waals surface area (Å²) < 4.78 is 20.8. The van der Waals surface area contributed by atoms with E-state index in [1.54, 1.807) is 28.0 Å². The molecule has 14 nitrogen and oxygen atoms in total. The monoisotopic (exact) mass is 898 g/mol. The van der Waals surface area contributed by atoms with Crippen LogP contribution in [0.2, 0.25) is 0 Å². The molecule has 66 heavy (non-hydrogen) atoms. The van der Waals surface area contributed by atoms with Crippen LogP contribution in [-0.2, 0) is 16.1 Å². The zero-order valence-corrected chi connectivity index (χ0v) is 38.2. The number of urea groups is 1. The molecule has 1 spiro atoms. The highest BCUT2D eigenvalue weighted by molar-refractivity contribution is 6.09. The molecule has 4 aliphatic rings. The molecule has 0 aliphatic carbocycles. The molecule has 0 bridgehead atoms. The summed E-state index contributed by atoms with van der Waals surface area (Å²) in [6.07, 6.45) is 5.91. The Bertz CT molecular complexity index is 2650. The fourth-order valence-electron chi connectivity index (χ4n) is 10.5. The molecule has 2 aromatic heterocycles. The van der Waals surface area contributed by atoms with Crippen LogP contribution in [0.4, 0.5) is 20.6 Å². The van der Waals surface area contributed by atoms with Crippen LogP contribution in [-0.4, -0.2) is 117 Å². The van der Waals surface area contributed by atoms with E-state index in [9.17, 15) is 24.3 Å². The maximum absolute atomic E-state index is 15.3. The summed E-state index contributed by atoms with van der Waals surface area (Å²) in [6, 6.07) is 18.1. The minimum Gasteiger partial charge on any atom is -0.495 e. The minimum absolute atomic E-state index is 0.00866. The van der Waals surface area contributed by atoms with Gasteiger partial charge in [-0.1, -0.05) is 38.1 Å². The number of methoxy groups -OCH3 is 1. The number of carbonyl (C=O) groups excluding carboxylic acids is 4. The second-order valence-corrected chi connectivity index (χ2v) is 19.2. The first-order valence-electron chi connectivity index (χ1n) is 23.3. The van der Waals surface area contributed by atoms with Crippen LogP contribution >= 0.6 is 0 Å². The highest BCUT2D eigenvalue weighted by Gasteiger charge is 2.39. The molecule has 6 heterocycles. The van der Waals surface area contributed by atoms with Gasteiger partial charge in [0.15, 0.2) is 0 Å². The van der Waals surface area contributed by atoms with Crippen molar-refractivity contribution in [3.05, 3.63) is 89.5 Å². The number of ketones is 1. The van der Waals surface area contributed by atoms with E-state index in [1.165, 1.54) is 31.1 Å². The fourth-order valence-corrected chi connectivity index (χ4v) is 10.5. The highest BCUT2D eigenvalue weighted by Crippen LogP contribution is 2.43. The van der Waals surface area contributed by atoms with Crippen molar-refractivity contribution in [1.82, 2.24) is 29.7 Å². The molecular weight excluding hydrogens is 840 g/mol. The number of β-amino-alcohol motifs (C(OH)–C–C–N with tert-alkyl or cyclic N) is 1. The molecule has 3 aromatic carbocycles. The first-order valence-corrected chi connectivity index (χ1v) is 23.3. The summed E-state index contributed by atoms with van der Waals surface area (Å²) in [5, 5.41) is 14.2. The van der Waals surface area contributed by atoms with Crippen LogP contribution in [0, 0.1) is 30.0 Å². The number of carbonyl (C=O) groups is 4. The van der Waals surface area contributed by atoms with Gasteiger partial charge in [-0.05, 0) is 117 Å². The lowest BCUT2D eigenvalue weighted by molar-refractivity contribution is -0.128. The highest BCUT2D eigenvalue weighted by atomic mass is 19.1. The molecule has 4 saturated heterocycles. The molecule has 15 heteroatoms. The molecule has 346 valence electrons. The Balaban J connectivity index is 0.804. The first kappa shape index (κ1) is 45.0. The van der Waals surface area contributed by atoms with Crippen molar-refractivity contribution < 1.29 is 33.4 Å². The number of Topliss-reactive ketones (excluding diaryl/α,β-unsaturated/α-hetero) is 1. The molecule has 2 unspecified atom stereocenters. The number of aliphatic hydroxyl groups excluding tert-OH is 1. The molecule has 4 aliphatic heterocycles. The van der Waals surface area contributed by atoms with Crippen LogP contribution < -0.4 is 15.0 Å². The van der Waals surface area contributed by atoms with Gasteiger partial charge in [0.2, 0.25) is 5.91 Å². The summed E-state index contributed by atoms with van der Waals surface area (Å²) in [4.78, 5) is 71.8. The number of fused-ring (bicyclic) bond motifs is 1. The van der Waals surface area contributed by atoms with Gasteiger partial charge in [-0.3, -0.25) is 19.3 Å². The van der Waals surface area contributed by atoms with E-state index >= 15 is 4.39 Å². The van der Waals surface area contributed by atoms with Gasteiger partial charge in [0, 0.05) is 79.5 Å². The summed E-state index contributed by atoms with van der Waals surface area (Å²) >= 11 is 0. The Kier molecular flexibility index (Phi) is 12.7. The maximum Gasteiger partial charge on any atom is 0.321 e. The molecule has 3 N–H and O–H groups in total. The predicted octanol–water partition coefficient (Wildman–Crippen LogP) is 7.83. The second kappa shape index (κ2) is 18.6. The fraction of sp³-hybridized carbons (Fsp3) is 0.451. The first-order chi connectivity index (χ1) is 31.8. The van der Waals surface area contributed by atoms with E-state index in [-0.39, 0.29) is 60.9 Å². The third-order valence-corrected chi connectivity index (χ3v) is 14.4. The van der Waals surface area contributed by atoms with Gasteiger partial charge < -0.3 is 34.8 Å². The number of aromatic nitrogens is 3. The van der Waals surface area contributed by atoms with Crippen molar-refractivity contribution in [3.63, 3.8) is 0 Å². The second-order valence-electron chi connectivity index (χ2n) is 19.2. The number of amides is 4. The van der Waals surface area contributed by atoms with Crippen LogP contribution in [0.1, 0.15) is 80.3 Å². The smallest absolute Gasteiger partial charge is 0.321 e. The third-order valence-electron chi connectivity index (χ3n) is 14.4. The molecule has 0 saturated carbocycles. The number of benzene rings is 3. The summed E-state index contributed by atoms with van der Waals surface area (Å²) in [6.45, 7) is 11.2. The number of likely N-dealkylation sites (tertiary alicyclic amines) is 3. The van der Waals surface area contributed by atoms with Crippen molar-refractivity contribution >= 4 is 46.0 Å². The predicted molar refractivity (Wildman–Crippen MR) is 251 cm³/mol. The van der Waals surface area contributed by atoms with Crippen molar-refractivity contribution in [2.45, 2.75) is 78.4 Å². The van der Waals surface area contributed by atoms with Gasteiger partial charge in [0.1, 0.15) is 29.3 Å². The van der Waals surface area contributed by atoms with E-state index in [0.29, 0.717) is 70.7 Å². The topological polar surface area (TPSA) is 164 Å². The number of nitrogens with zero attached hydrogens (tertiary/aromatic N) is 6. The van der Waals surface area contributed by atoms with Gasteiger partial charge in [-0.2, -0.15) is 0 Å². The van der Waals surface area contributed by atoms with Gasteiger partial charge in [0.25, 0.3) is 5.91 Å². The number of hydrogen-bond acceptors (Lipinski definition) is 9. The maximum atomic E-state index is 15.3. The molecular formula is C51H59FN8O6. The molecule has 0 radical (unpaired) electrons. The number of nitrogens with one attached hydrogen (secondary N) is 2. The average Bonchev–Trinajstić information content (AvgIpc) is 3.91. The van der Waals surface area contributed by atoms with Gasteiger partial charge >= 0.3 is 6.03 Å². The van der Waals surface area contributed by atoms with E-state index in [1.807, 2.05) is 17.9 Å². The molecule has 4 amide bonds. The number of hydrogen-bond donors (Lipinski definition) is 3. The number of rotatable bonds is 10. The van der Waals surface area contributed by atoms with E-state index in [0.717, 1.165) is 68.4 Å². The quantitative estimate of drug-likeness (QED) is 0.119. The summed E-state index contributed by atoms with van der Waals surface area (Å²) in [5.74, 6) is 0.0160. The number of piperidine rings is 3.